The zero-order valence-corrected chi connectivity index (χ0v) is 13.7. The Kier molecular flexibility index (Phi) is 6.31. The van der Waals surface area contributed by atoms with Crippen LogP contribution in [0.3, 0.4) is 0 Å². The number of nitrogens with one attached hydrogen (secondary N) is 2. The quantitative estimate of drug-likeness (QED) is 0.721. The van der Waals surface area contributed by atoms with Gasteiger partial charge < -0.3 is 8.85 Å². The van der Waals surface area contributed by atoms with Crippen LogP contribution < -0.4 is 9.96 Å². The van der Waals surface area contributed by atoms with Crippen LogP contribution >= 0.6 is 0 Å². The summed E-state index contributed by atoms with van der Waals surface area (Å²) in [5, 5.41) is 0. The summed E-state index contributed by atoms with van der Waals surface area (Å²) in [5.74, 6) is 0. The van der Waals surface area contributed by atoms with Crippen molar-refractivity contribution in [1.82, 2.24) is 9.96 Å². The van der Waals surface area contributed by atoms with Gasteiger partial charge in [-0.1, -0.05) is 13.8 Å². The van der Waals surface area contributed by atoms with Crippen molar-refractivity contribution in [1.29, 1.82) is 0 Å². The van der Waals surface area contributed by atoms with Crippen molar-refractivity contribution in [3.8, 4) is 0 Å². The van der Waals surface area contributed by atoms with Gasteiger partial charge in [-0.05, 0) is 54.6 Å². The maximum atomic E-state index is 6.18. The molecule has 0 saturated carbocycles. The van der Waals surface area contributed by atoms with Gasteiger partial charge in [0.05, 0.1) is 11.2 Å². The lowest BCUT2D eigenvalue weighted by molar-refractivity contribution is 0.00148. The Hall–Kier alpha value is 0.0569. The molecule has 5 heteroatoms. The smallest absolute Gasteiger partial charge is 0.366 e. The molecule has 0 heterocycles. The average Bonchev–Trinajstić information content (AvgIpc) is 1.96. The Morgan fingerprint density at radius 3 is 1.24 bits per heavy atom. The van der Waals surface area contributed by atoms with Gasteiger partial charge in [0, 0.05) is 0 Å². The Morgan fingerprint density at radius 2 is 1.06 bits per heavy atom. The molecule has 0 spiro atoms. The summed E-state index contributed by atoms with van der Waals surface area (Å²) in [6.07, 6.45) is 0. The third kappa shape index (κ3) is 7.89. The largest absolute Gasteiger partial charge is 0.517 e. The van der Waals surface area contributed by atoms with Crippen LogP contribution in [0.15, 0.2) is 0 Å². The molecule has 0 fully saturated rings. The molecule has 17 heavy (non-hydrogen) atoms. The molecule has 0 aliphatic rings. The van der Waals surface area contributed by atoms with Crippen molar-refractivity contribution in [2.75, 3.05) is 13.1 Å². The van der Waals surface area contributed by atoms with Gasteiger partial charge in [0.1, 0.15) is 0 Å². The summed E-state index contributed by atoms with van der Waals surface area (Å²) in [6.45, 7) is 18.1. The fourth-order valence-corrected chi connectivity index (χ4v) is 4.67. The third-order valence-corrected chi connectivity index (χ3v) is 5.16. The highest BCUT2D eigenvalue weighted by Gasteiger charge is 2.45. The first-order valence-electron chi connectivity index (χ1n) is 6.44. The van der Waals surface area contributed by atoms with Crippen molar-refractivity contribution >= 4 is 8.88 Å². The minimum atomic E-state index is -2.57. The van der Waals surface area contributed by atoms with Crippen molar-refractivity contribution in [2.45, 2.75) is 66.6 Å². The van der Waals surface area contributed by atoms with Crippen LogP contribution in [0.5, 0.6) is 0 Å². The maximum absolute atomic E-state index is 6.18. The monoisotopic (exact) mass is 262 g/mol. The molecule has 0 aromatic rings. The van der Waals surface area contributed by atoms with Gasteiger partial charge in [-0.15, -0.1) is 0 Å². The van der Waals surface area contributed by atoms with E-state index in [9.17, 15) is 0 Å². The standard InChI is InChI=1S/C12H30N2O2Si/c1-9-13-17(14-10-2,15-11(3,4)5)16-12(6,7)8/h13-14H,9-10H2,1-8H3. The van der Waals surface area contributed by atoms with Crippen LogP contribution in [0.4, 0.5) is 0 Å². The molecular weight excluding hydrogens is 232 g/mol. The van der Waals surface area contributed by atoms with Crippen molar-refractivity contribution in [3.63, 3.8) is 0 Å². The third-order valence-electron chi connectivity index (χ3n) is 1.72. The van der Waals surface area contributed by atoms with E-state index in [0.717, 1.165) is 13.1 Å². The topological polar surface area (TPSA) is 42.5 Å². The van der Waals surface area contributed by atoms with Crippen LogP contribution in [0.1, 0.15) is 55.4 Å². The van der Waals surface area contributed by atoms with Gasteiger partial charge in [-0.3, -0.25) is 9.96 Å². The molecule has 0 rings (SSSR count). The van der Waals surface area contributed by atoms with Crippen molar-refractivity contribution < 1.29 is 8.85 Å². The highest BCUT2D eigenvalue weighted by Crippen LogP contribution is 2.19. The SMILES string of the molecule is CCN[Si](NCC)(OC(C)(C)C)OC(C)(C)C. The number of hydrogen-bond acceptors (Lipinski definition) is 4. The second-order valence-corrected chi connectivity index (χ2v) is 8.45. The molecule has 0 bridgehead atoms. The molecule has 4 nitrogen and oxygen atoms in total. The van der Waals surface area contributed by atoms with Crippen LogP contribution in [-0.2, 0) is 8.85 Å². The van der Waals surface area contributed by atoms with Gasteiger partial charge >= 0.3 is 8.88 Å². The number of hydrogen-bond donors (Lipinski definition) is 2. The molecule has 2 N–H and O–H groups in total. The average molecular weight is 262 g/mol. The summed E-state index contributed by atoms with van der Waals surface area (Å²) >= 11 is 0. The molecule has 0 aromatic carbocycles. The summed E-state index contributed by atoms with van der Waals surface area (Å²) < 4.78 is 12.4. The lowest BCUT2D eigenvalue weighted by atomic mass is 10.2. The van der Waals surface area contributed by atoms with E-state index in [1.54, 1.807) is 0 Å². The molecule has 0 amide bonds. The normalized spacial score (nSPS) is 14.1. The molecule has 0 atom stereocenters. The molecule has 0 aliphatic heterocycles. The summed E-state index contributed by atoms with van der Waals surface area (Å²) in [6, 6.07) is 0. The lowest BCUT2D eigenvalue weighted by Gasteiger charge is -2.40. The fraction of sp³-hybridized carbons (Fsp3) is 1.00. The highest BCUT2D eigenvalue weighted by molar-refractivity contribution is 6.62. The Bertz CT molecular complexity index is 198. The van der Waals surface area contributed by atoms with E-state index in [-0.39, 0.29) is 11.2 Å². The first-order valence-corrected chi connectivity index (χ1v) is 8.25. The minimum Gasteiger partial charge on any atom is -0.366 e. The summed E-state index contributed by atoms with van der Waals surface area (Å²) in [5.41, 5.74) is -0.469. The van der Waals surface area contributed by atoms with Crippen molar-refractivity contribution in [2.24, 2.45) is 0 Å². The molecule has 0 aliphatic carbocycles. The second kappa shape index (κ2) is 6.29. The molecule has 0 unspecified atom stereocenters. The Labute approximate surface area is 108 Å². The first-order chi connectivity index (χ1) is 7.54. The molecule has 104 valence electrons. The summed E-state index contributed by atoms with van der Waals surface area (Å²) in [4.78, 5) is 6.79. The van der Waals surface area contributed by atoms with E-state index in [1.165, 1.54) is 0 Å². The fourth-order valence-electron chi connectivity index (χ4n) is 1.56. The minimum absolute atomic E-state index is 0.234. The zero-order valence-electron chi connectivity index (χ0n) is 12.7. The van der Waals surface area contributed by atoms with Gasteiger partial charge in [0.15, 0.2) is 0 Å². The van der Waals surface area contributed by atoms with E-state index in [1.807, 2.05) is 0 Å². The first kappa shape index (κ1) is 17.1. The van der Waals surface area contributed by atoms with Crippen LogP contribution in [0, 0.1) is 0 Å². The Balaban J connectivity index is 4.97. The molecule has 0 radical (unpaired) electrons. The van der Waals surface area contributed by atoms with E-state index in [2.05, 4.69) is 65.4 Å². The van der Waals surface area contributed by atoms with Gasteiger partial charge in [-0.2, -0.15) is 0 Å². The predicted octanol–water partition coefficient (Wildman–Crippen LogP) is 2.27. The maximum Gasteiger partial charge on any atom is 0.517 e. The number of rotatable bonds is 6. The van der Waals surface area contributed by atoms with E-state index in [0.29, 0.717) is 0 Å². The summed E-state index contributed by atoms with van der Waals surface area (Å²) in [7, 11) is -2.57. The second-order valence-electron chi connectivity index (χ2n) is 6.11. The Morgan fingerprint density at radius 1 is 0.765 bits per heavy atom. The zero-order chi connectivity index (χ0) is 13.7. The van der Waals surface area contributed by atoms with Crippen molar-refractivity contribution in [3.05, 3.63) is 0 Å². The van der Waals surface area contributed by atoms with E-state index < -0.39 is 8.88 Å². The van der Waals surface area contributed by atoms with E-state index >= 15 is 0 Å². The lowest BCUT2D eigenvalue weighted by Crippen LogP contribution is -2.71. The predicted molar refractivity (Wildman–Crippen MR) is 74.8 cm³/mol. The van der Waals surface area contributed by atoms with Crippen LogP contribution in [-0.4, -0.2) is 33.2 Å². The molecular formula is C12H30N2O2Si. The molecule has 0 aromatic heterocycles. The van der Waals surface area contributed by atoms with Crippen LogP contribution in [0.2, 0.25) is 0 Å². The highest BCUT2D eigenvalue weighted by atomic mass is 28.4. The van der Waals surface area contributed by atoms with Gasteiger partial charge in [0.2, 0.25) is 0 Å². The van der Waals surface area contributed by atoms with Gasteiger partial charge in [0.25, 0.3) is 0 Å². The van der Waals surface area contributed by atoms with Gasteiger partial charge in [-0.25, -0.2) is 0 Å². The van der Waals surface area contributed by atoms with Crippen LogP contribution in [0.25, 0.3) is 0 Å². The molecule has 0 saturated heterocycles. The van der Waals surface area contributed by atoms with E-state index in [4.69, 9.17) is 8.85 Å².